The van der Waals surface area contributed by atoms with Crippen LogP contribution in [0, 0.1) is 0 Å². The number of anilines is 2. The average molecular weight is 482 g/mol. The lowest BCUT2D eigenvalue weighted by atomic mass is 9.98. The summed E-state index contributed by atoms with van der Waals surface area (Å²) in [4.78, 5) is 6.71. The normalized spacial score (nSPS) is 21.4. The third-order valence-corrected chi connectivity index (χ3v) is 7.29. The van der Waals surface area contributed by atoms with Gasteiger partial charge in [0.15, 0.2) is 5.11 Å². The number of hydrogen-bond donors (Lipinski definition) is 2. The van der Waals surface area contributed by atoms with E-state index in [0.29, 0.717) is 16.8 Å². The Morgan fingerprint density at radius 2 is 1.85 bits per heavy atom. The molecule has 0 bridgehead atoms. The van der Waals surface area contributed by atoms with Gasteiger partial charge in [-0.15, -0.1) is 0 Å². The number of benzene rings is 1. The minimum Gasteiger partial charge on any atom is -0.351 e. The van der Waals surface area contributed by atoms with Crippen molar-refractivity contribution in [1.29, 1.82) is 0 Å². The van der Waals surface area contributed by atoms with Crippen molar-refractivity contribution in [2.75, 3.05) is 15.9 Å². The predicted molar refractivity (Wildman–Crippen MR) is 135 cm³/mol. The van der Waals surface area contributed by atoms with Gasteiger partial charge in [0.1, 0.15) is 0 Å². The van der Waals surface area contributed by atoms with Gasteiger partial charge in [-0.25, -0.2) is 8.42 Å². The Morgan fingerprint density at radius 1 is 1.09 bits per heavy atom. The maximum Gasteiger partial charge on any atom is 0.229 e. The minimum atomic E-state index is -3.34. The summed E-state index contributed by atoms with van der Waals surface area (Å²) in [5, 5.41) is 4.09. The SMILES string of the molecule is CS(=O)(=O)Nc1ccc(N2C(=S)N[C@H](c3ccccn3)[C@@H]2c2ccn(C3CCCC3)c2)cc1. The van der Waals surface area contributed by atoms with E-state index in [4.69, 9.17) is 12.2 Å². The number of pyridine rings is 1. The third kappa shape index (κ3) is 4.60. The Morgan fingerprint density at radius 3 is 2.52 bits per heavy atom. The minimum absolute atomic E-state index is 0.0798. The zero-order chi connectivity index (χ0) is 23.0. The molecule has 2 aromatic heterocycles. The molecule has 33 heavy (non-hydrogen) atoms. The van der Waals surface area contributed by atoms with E-state index < -0.39 is 10.0 Å². The lowest BCUT2D eigenvalue weighted by Gasteiger charge is -2.27. The summed E-state index contributed by atoms with van der Waals surface area (Å²) >= 11 is 5.78. The van der Waals surface area contributed by atoms with E-state index in [-0.39, 0.29) is 12.1 Å². The van der Waals surface area contributed by atoms with Gasteiger partial charge in [0, 0.05) is 36.0 Å². The Bertz CT molecular complexity index is 1240. The number of nitrogens with zero attached hydrogens (tertiary/aromatic N) is 3. The molecule has 3 aromatic rings. The van der Waals surface area contributed by atoms with Crippen molar-refractivity contribution in [1.82, 2.24) is 14.9 Å². The molecule has 2 atom stereocenters. The van der Waals surface area contributed by atoms with Gasteiger partial charge in [0.2, 0.25) is 10.0 Å². The Balaban J connectivity index is 1.52. The van der Waals surface area contributed by atoms with Gasteiger partial charge in [0.05, 0.1) is 24.0 Å². The molecule has 7 nitrogen and oxygen atoms in total. The van der Waals surface area contributed by atoms with Crippen LogP contribution in [0.15, 0.2) is 67.1 Å². The van der Waals surface area contributed by atoms with Gasteiger partial charge in [-0.1, -0.05) is 18.9 Å². The number of rotatable bonds is 6. The molecular formula is C24H27N5O2S2. The maximum atomic E-state index is 11.6. The lowest BCUT2D eigenvalue weighted by molar-refractivity contribution is 0.515. The highest BCUT2D eigenvalue weighted by molar-refractivity contribution is 7.92. The molecule has 1 saturated heterocycles. The second kappa shape index (κ2) is 8.79. The lowest BCUT2D eigenvalue weighted by Crippen LogP contribution is -2.29. The van der Waals surface area contributed by atoms with Gasteiger partial charge in [-0.05, 0) is 73.1 Å². The highest BCUT2D eigenvalue weighted by Gasteiger charge is 2.41. The van der Waals surface area contributed by atoms with Crippen LogP contribution in [0.3, 0.4) is 0 Å². The molecular weight excluding hydrogens is 454 g/mol. The Kier molecular flexibility index (Phi) is 5.84. The number of aromatic nitrogens is 2. The maximum absolute atomic E-state index is 11.6. The molecule has 0 amide bonds. The van der Waals surface area contributed by atoms with E-state index in [1.807, 2.05) is 30.3 Å². The van der Waals surface area contributed by atoms with Crippen LogP contribution in [0.25, 0.3) is 0 Å². The zero-order valence-electron chi connectivity index (χ0n) is 18.4. The second-order valence-corrected chi connectivity index (χ2v) is 10.9. The van der Waals surface area contributed by atoms with Crippen LogP contribution in [-0.2, 0) is 10.0 Å². The van der Waals surface area contributed by atoms with Crippen LogP contribution in [0.2, 0.25) is 0 Å². The highest BCUT2D eigenvalue weighted by atomic mass is 32.2. The summed E-state index contributed by atoms with van der Waals surface area (Å²) in [6.07, 6.45) is 12.4. The van der Waals surface area contributed by atoms with Crippen molar-refractivity contribution in [2.24, 2.45) is 0 Å². The molecule has 3 heterocycles. The van der Waals surface area contributed by atoms with Crippen LogP contribution < -0.4 is 14.9 Å². The third-order valence-electron chi connectivity index (χ3n) is 6.37. The summed E-state index contributed by atoms with van der Waals surface area (Å²) < 4.78 is 28.0. The molecule has 2 aliphatic rings. The fraction of sp³-hybridized carbons (Fsp3) is 0.333. The van der Waals surface area contributed by atoms with Gasteiger partial charge in [0.25, 0.3) is 0 Å². The first kappa shape index (κ1) is 21.9. The molecule has 1 saturated carbocycles. The van der Waals surface area contributed by atoms with E-state index >= 15 is 0 Å². The molecule has 0 unspecified atom stereocenters. The first-order chi connectivity index (χ1) is 15.9. The standard InChI is InChI=1S/C24H27N5O2S2/c1-33(30,31)27-18-9-11-20(12-10-18)29-23(17-13-15-28(16-17)19-6-2-3-7-19)22(26-24(29)32)21-8-4-5-14-25-21/h4-5,8-16,19,22-23,27H,2-3,6-7H2,1H3,(H,26,32)/t22-,23+/m1/s1. The van der Waals surface area contributed by atoms with Crippen molar-refractivity contribution < 1.29 is 8.42 Å². The van der Waals surface area contributed by atoms with Crippen LogP contribution in [0.1, 0.15) is 55.1 Å². The van der Waals surface area contributed by atoms with Gasteiger partial charge in [-0.3, -0.25) is 9.71 Å². The Labute approximate surface area is 199 Å². The molecule has 9 heteroatoms. The number of hydrogen-bond acceptors (Lipinski definition) is 4. The van der Waals surface area contributed by atoms with E-state index in [1.165, 1.54) is 31.2 Å². The van der Waals surface area contributed by atoms with Gasteiger partial charge in [-0.2, -0.15) is 0 Å². The molecule has 1 aromatic carbocycles. The van der Waals surface area contributed by atoms with E-state index in [9.17, 15) is 8.42 Å². The summed E-state index contributed by atoms with van der Waals surface area (Å²) in [6.45, 7) is 0. The first-order valence-corrected chi connectivity index (χ1v) is 13.4. The molecule has 2 N–H and O–H groups in total. The molecule has 2 fully saturated rings. The number of sulfonamides is 1. The van der Waals surface area contributed by atoms with Crippen LogP contribution >= 0.6 is 12.2 Å². The first-order valence-electron chi connectivity index (χ1n) is 11.1. The van der Waals surface area contributed by atoms with Gasteiger partial charge >= 0.3 is 0 Å². The van der Waals surface area contributed by atoms with Crippen molar-refractivity contribution in [3.05, 3.63) is 78.4 Å². The van der Waals surface area contributed by atoms with E-state index in [0.717, 1.165) is 17.6 Å². The summed E-state index contributed by atoms with van der Waals surface area (Å²) in [5.74, 6) is 0. The Hall–Kier alpha value is -2.91. The van der Waals surface area contributed by atoms with Crippen LogP contribution in [0.5, 0.6) is 0 Å². The fourth-order valence-electron chi connectivity index (χ4n) is 4.91. The van der Waals surface area contributed by atoms with E-state index in [1.54, 1.807) is 18.3 Å². The quantitative estimate of drug-likeness (QED) is 0.503. The van der Waals surface area contributed by atoms with Crippen molar-refractivity contribution >= 4 is 38.7 Å². The molecule has 172 valence electrons. The highest BCUT2D eigenvalue weighted by Crippen LogP contribution is 2.42. The summed E-state index contributed by atoms with van der Waals surface area (Å²) in [6, 6.07) is 15.8. The smallest absolute Gasteiger partial charge is 0.229 e. The number of nitrogens with one attached hydrogen (secondary N) is 2. The van der Waals surface area contributed by atoms with Crippen molar-refractivity contribution in [3.63, 3.8) is 0 Å². The van der Waals surface area contributed by atoms with Crippen LogP contribution in [-0.4, -0.2) is 29.3 Å². The average Bonchev–Trinajstić information content (AvgIpc) is 3.53. The van der Waals surface area contributed by atoms with E-state index in [2.05, 4.69) is 42.9 Å². The molecule has 0 radical (unpaired) electrons. The van der Waals surface area contributed by atoms with Gasteiger partial charge < -0.3 is 14.8 Å². The molecule has 1 aliphatic carbocycles. The fourth-order valence-corrected chi connectivity index (χ4v) is 5.82. The van der Waals surface area contributed by atoms with Crippen molar-refractivity contribution in [2.45, 2.75) is 43.8 Å². The molecule has 0 spiro atoms. The van der Waals surface area contributed by atoms with Crippen molar-refractivity contribution in [3.8, 4) is 0 Å². The second-order valence-electron chi connectivity index (χ2n) is 8.75. The molecule has 1 aliphatic heterocycles. The summed E-state index contributed by atoms with van der Waals surface area (Å²) in [5.41, 5.74) is 3.51. The molecule has 5 rings (SSSR count). The predicted octanol–water partition coefficient (Wildman–Crippen LogP) is 4.55. The largest absolute Gasteiger partial charge is 0.351 e. The topological polar surface area (TPSA) is 79.3 Å². The monoisotopic (exact) mass is 481 g/mol. The summed E-state index contributed by atoms with van der Waals surface area (Å²) in [7, 11) is -3.34. The van der Waals surface area contributed by atoms with Crippen LogP contribution in [0.4, 0.5) is 11.4 Å². The number of thiocarbonyl (C=S) groups is 1. The zero-order valence-corrected chi connectivity index (χ0v) is 20.0.